The summed E-state index contributed by atoms with van der Waals surface area (Å²) >= 11 is 0. The Bertz CT molecular complexity index is 157. The van der Waals surface area contributed by atoms with Crippen LogP contribution in [-0.2, 0) is 19.1 Å². The summed E-state index contributed by atoms with van der Waals surface area (Å²) in [6, 6.07) is 0. The zero-order valence-electron chi connectivity index (χ0n) is 8.88. The van der Waals surface area contributed by atoms with Gasteiger partial charge in [0.15, 0.2) is 11.6 Å². The summed E-state index contributed by atoms with van der Waals surface area (Å²) in [5, 5.41) is 0. The van der Waals surface area contributed by atoms with Gasteiger partial charge in [0.25, 0.3) is 0 Å². The van der Waals surface area contributed by atoms with E-state index in [2.05, 4.69) is 0 Å². The molecule has 0 unspecified atom stereocenters. The molecule has 0 fully saturated rings. The van der Waals surface area contributed by atoms with E-state index in [1.807, 2.05) is 0 Å². The molecule has 14 heavy (non-hydrogen) atoms. The van der Waals surface area contributed by atoms with Crippen molar-refractivity contribution in [1.29, 1.82) is 0 Å². The zero-order chi connectivity index (χ0) is 10.8. The number of unbranched alkanes of at least 4 members (excludes halogenated alkanes) is 1. The van der Waals surface area contributed by atoms with Gasteiger partial charge in [-0.3, -0.25) is 9.59 Å². The summed E-state index contributed by atoms with van der Waals surface area (Å²) in [4.78, 5) is 20.9. The molecule has 0 bridgehead atoms. The van der Waals surface area contributed by atoms with Crippen molar-refractivity contribution in [2.24, 2.45) is 0 Å². The highest BCUT2D eigenvalue weighted by Crippen LogP contribution is 1.91. The SMILES string of the molecule is CC(=O)COCCCCOCC(C)=O. The summed E-state index contributed by atoms with van der Waals surface area (Å²) in [6.07, 6.45) is 1.70. The molecule has 0 aromatic carbocycles. The summed E-state index contributed by atoms with van der Waals surface area (Å²) in [5.74, 6) is 0.0793. The fourth-order valence-corrected chi connectivity index (χ4v) is 0.840. The fourth-order valence-electron chi connectivity index (χ4n) is 0.840. The first kappa shape index (κ1) is 13.3. The maximum absolute atomic E-state index is 10.5. The predicted molar refractivity (Wildman–Crippen MR) is 52.2 cm³/mol. The molecule has 0 spiro atoms. The summed E-state index contributed by atoms with van der Waals surface area (Å²) in [5.41, 5.74) is 0. The van der Waals surface area contributed by atoms with E-state index in [1.54, 1.807) is 0 Å². The van der Waals surface area contributed by atoms with Crippen LogP contribution in [0.15, 0.2) is 0 Å². The van der Waals surface area contributed by atoms with E-state index in [9.17, 15) is 9.59 Å². The third kappa shape index (κ3) is 11.3. The second-order valence-corrected chi connectivity index (χ2v) is 3.22. The fraction of sp³-hybridized carbons (Fsp3) is 0.800. The number of hydrogen-bond acceptors (Lipinski definition) is 4. The topological polar surface area (TPSA) is 52.6 Å². The molecular weight excluding hydrogens is 184 g/mol. The van der Waals surface area contributed by atoms with Crippen molar-refractivity contribution in [2.75, 3.05) is 26.4 Å². The highest BCUT2D eigenvalue weighted by Gasteiger charge is 1.95. The molecule has 82 valence electrons. The summed E-state index contributed by atoms with van der Waals surface area (Å²) in [6.45, 7) is 4.51. The minimum atomic E-state index is 0.0397. The number of carbonyl (C=O) groups is 2. The molecular formula is C10H18O4. The number of Topliss-reactive ketones (excluding diaryl/α,β-unsaturated/α-hetero) is 2. The second kappa shape index (κ2) is 8.84. The van der Waals surface area contributed by atoms with E-state index in [1.165, 1.54) is 13.8 Å². The largest absolute Gasteiger partial charge is 0.374 e. The van der Waals surface area contributed by atoms with Gasteiger partial charge in [0.2, 0.25) is 0 Å². The normalized spacial score (nSPS) is 10.1. The summed E-state index contributed by atoms with van der Waals surface area (Å²) in [7, 11) is 0. The van der Waals surface area contributed by atoms with E-state index < -0.39 is 0 Å². The van der Waals surface area contributed by atoms with Crippen LogP contribution in [0.5, 0.6) is 0 Å². The van der Waals surface area contributed by atoms with Crippen molar-refractivity contribution in [1.82, 2.24) is 0 Å². The van der Waals surface area contributed by atoms with Crippen LogP contribution >= 0.6 is 0 Å². The van der Waals surface area contributed by atoms with Crippen molar-refractivity contribution in [3.8, 4) is 0 Å². The van der Waals surface area contributed by atoms with Crippen molar-refractivity contribution in [2.45, 2.75) is 26.7 Å². The van der Waals surface area contributed by atoms with Crippen LogP contribution in [0.4, 0.5) is 0 Å². The second-order valence-electron chi connectivity index (χ2n) is 3.22. The number of rotatable bonds is 9. The van der Waals surface area contributed by atoms with Gasteiger partial charge < -0.3 is 9.47 Å². The standard InChI is InChI=1S/C10H18O4/c1-9(11)7-13-5-3-4-6-14-8-10(2)12/h3-8H2,1-2H3. The lowest BCUT2D eigenvalue weighted by Gasteiger charge is -2.02. The van der Waals surface area contributed by atoms with Crippen LogP contribution in [-0.4, -0.2) is 38.0 Å². The van der Waals surface area contributed by atoms with E-state index in [-0.39, 0.29) is 24.8 Å². The van der Waals surface area contributed by atoms with Gasteiger partial charge in [-0.05, 0) is 26.7 Å². The molecule has 0 saturated heterocycles. The predicted octanol–water partition coefficient (Wildman–Crippen LogP) is 0.978. The number of hydrogen-bond donors (Lipinski definition) is 0. The Morgan fingerprint density at radius 2 is 1.21 bits per heavy atom. The Morgan fingerprint density at radius 3 is 1.50 bits per heavy atom. The van der Waals surface area contributed by atoms with Gasteiger partial charge in [-0.2, -0.15) is 0 Å². The molecule has 0 aromatic heterocycles. The minimum absolute atomic E-state index is 0.0397. The molecule has 0 radical (unpaired) electrons. The van der Waals surface area contributed by atoms with Crippen LogP contribution in [0.25, 0.3) is 0 Å². The first-order valence-corrected chi connectivity index (χ1v) is 4.77. The van der Waals surface area contributed by atoms with Crippen LogP contribution in [0, 0.1) is 0 Å². The third-order valence-electron chi connectivity index (χ3n) is 1.44. The lowest BCUT2D eigenvalue weighted by atomic mass is 10.3. The minimum Gasteiger partial charge on any atom is -0.374 e. The van der Waals surface area contributed by atoms with Crippen LogP contribution in [0.1, 0.15) is 26.7 Å². The number of ketones is 2. The van der Waals surface area contributed by atoms with E-state index >= 15 is 0 Å². The van der Waals surface area contributed by atoms with Gasteiger partial charge in [-0.1, -0.05) is 0 Å². The van der Waals surface area contributed by atoms with Crippen molar-refractivity contribution in [3.63, 3.8) is 0 Å². The van der Waals surface area contributed by atoms with Gasteiger partial charge in [0, 0.05) is 13.2 Å². The number of carbonyl (C=O) groups excluding carboxylic acids is 2. The zero-order valence-corrected chi connectivity index (χ0v) is 8.88. The maximum Gasteiger partial charge on any atom is 0.155 e. The summed E-state index contributed by atoms with van der Waals surface area (Å²) < 4.78 is 10.1. The Morgan fingerprint density at radius 1 is 0.857 bits per heavy atom. The Balaban J connectivity index is 2.99. The van der Waals surface area contributed by atoms with Crippen LogP contribution in [0.3, 0.4) is 0 Å². The quantitative estimate of drug-likeness (QED) is 0.523. The van der Waals surface area contributed by atoms with Gasteiger partial charge in [0.1, 0.15) is 13.2 Å². The Kier molecular flexibility index (Phi) is 8.37. The molecule has 0 rings (SSSR count). The molecule has 0 saturated carbocycles. The van der Waals surface area contributed by atoms with Crippen molar-refractivity contribution >= 4 is 11.6 Å². The number of ether oxygens (including phenoxy) is 2. The van der Waals surface area contributed by atoms with Gasteiger partial charge >= 0.3 is 0 Å². The average Bonchev–Trinajstić information content (AvgIpc) is 2.08. The monoisotopic (exact) mass is 202 g/mol. The molecule has 0 heterocycles. The first-order chi connectivity index (χ1) is 6.63. The lowest BCUT2D eigenvalue weighted by Crippen LogP contribution is -2.07. The van der Waals surface area contributed by atoms with Crippen LogP contribution < -0.4 is 0 Å². The van der Waals surface area contributed by atoms with Crippen LogP contribution in [0.2, 0.25) is 0 Å². The van der Waals surface area contributed by atoms with E-state index in [0.717, 1.165) is 12.8 Å². The third-order valence-corrected chi connectivity index (χ3v) is 1.44. The molecule has 0 aliphatic carbocycles. The van der Waals surface area contributed by atoms with E-state index in [0.29, 0.717) is 13.2 Å². The highest BCUT2D eigenvalue weighted by atomic mass is 16.5. The molecule has 0 aliphatic rings. The molecule has 0 N–H and O–H groups in total. The molecule has 4 heteroatoms. The Hall–Kier alpha value is -0.740. The van der Waals surface area contributed by atoms with Crippen molar-refractivity contribution in [3.05, 3.63) is 0 Å². The molecule has 0 atom stereocenters. The Labute approximate surface area is 84.6 Å². The van der Waals surface area contributed by atoms with Gasteiger partial charge in [-0.15, -0.1) is 0 Å². The lowest BCUT2D eigenvalue weighted by molar-refractivity contribution is -0.122. The first-order valence-electron chi connectivity index (χ1n) is 4.77. The van der Waals surface area contributed by atoms with E-state index in [4.69, 9.17) is 9.47 Å². The molecule has 0 amide bonds. The molecule has 0 aromatic rings. The molecule has 0 aliphatic heterocycles. The molecule has 4 nitrogen and oxygen atoms in total. The van der Waals surface area contributed by atoms with Gasteiger partial charge in [-0.25, -0.2) is 0 Å². The maximum atomic E-state index is 10.5. The highest BCUT2D eigenvalue weighted by molar-refractivity contribution is 5.76. The average molecular weight is 202 g/mol. The van der Waals surface area contributed by atoms with Gasteiger partial charge in [0.05, 0.1) is 0 Å². The van der Waals surface area contributed by atoms with Crippen molar-refractivity contribution < 1.29 is 19.1 Å². The smallest absolute Gasteiger partial charge is 0.155 e.